The van der Waals surface area contributed by atoms with Gasteiger partial charge in [-0.1, -0.05) is 12.5 Å². The van der Waals surface area contributed by atoms with Crippen molar-refractivity contribution in [3.8, 4) is 5.75 Å². The second kappa shape index (κ2) is 5.45. The third-order valence-corrected chi connectivity index (χ3v) is 3.27. The Morgan fingerprint density at radius 2 is 2.00 bits per heavy atom. The topological polar surface area (TPSA) is 21.3 Å². The summed E-state index contributed by atoms with van der Waals surface area (Å²) in [6.07, 6.45) is 4.03. The first kappa shape index (κ1) is 12.3. The van der Waals surface area contributed by atoms with Crippen molar-refractivity contribution in [1.82, 2.24) is 5.32 Å². The third-order valence-electron chi connectivity index (χ3n) is 3.27. The van der Waals surface area contributed by atoms with Crippen molar-refractivity contribution >= 4 is 0 Å². The van der Waals surface area contributed by atoms with Crippen molar-refractivity contribution in [2.45, 2.75) is 37.8 Å². The predicted octanol–water partition coefficient (Wildman–Crippen LogP) is 2.87. The van der Waals surface area contributed by atoms with E-state index in [1.165, 1.54) is 12.1 Å². The molecular weight excluding hydrogens is 224 g/mol. The highest BCUT2D eigenvalue weighted by Gasteiger charge is 2.26. The van der Waals surface area contributed by atoms with Crippen molar-refractivity contribution in [3.63, 3.8) is 0 Å². The summed E-state index contributed by atoms with van der Waals surface area (Å²) in [4.78, 5) is 0. The number of hydrogen-bond donors (Lipinski definition) is 1. The van der Waals surface area contributed by atoms with E-state index in [9.17, 15) is 8.78 Å². The van der Waals surface area contributed by atoms with Crippen LogP contribution in [0.2, 0.25) is 0 Å². The zero-order valence-corrected chi connectivity index (χ0v) is 9.88. The molecule has 1 saturated carbocycles. The Bertz CT molecular complexity index is 384. The molecule has 0 amide bonds. The van der Waals surface area contributed by atoms with Crippen molar-refractivity contribution < 1.29 is 13.5 Å². The van der Waals surface area contributed by atoms with Crippen molar-refractivity contribution in [2.24, 2.45) is 0 Å². The van der Waals surface area contributed by atoms with Gasteiger partial charge in [0, 0.05) is 6.04 Å². The molecule has 0 radical (unpaired) electrons. The van der Waals surface area contributed by atoms with Crippen LogP contribution in [-0.4, -0.2) is 19.2 Å². The summed E-state index contributed by atoms with van der Waals surface area (Å²) < 4.78 is 32.1. The van der Waals surface area contributed by atoms with E-state index in [0.717, 1.165) is 31.7 Å². The van der Waals surface area contributed by atoms with Gasteiger partial charge in [-0.3, -0.25) is 0 Å². The Labute approximate surface area is 100.0 Å². The fourth-order valence-electron chi connectivity index (χ4n) is 2.31. The summed E-state index contributed by atoms with van der Waals surface area (Å²) in [5.74, 6) is -1.75. The lowest BCUT2D eigenvalue weighted by molar-refractivity contribution is 0.112. The molecular formula is C13H17F2NO. The Hall–Kier alpha value is -1.16. The molecule has 1 fully saturated rings. The molecule has 0 aliphatic heterocycles. The number of benzene rings is 1. The average molecular weight is 241 g/mol. The predicted molar refractivity (Wildman–Crippen MR) is 62.1 cm³/mol. The molecule has 0 spiro atoms. The largest absolute Gasteiger partial charge is 0.486 e. The number of halogens is 2. The second-order valence-electron chi connectivity index (χ2n) is 4.39. The first-order chi connectivity index (χ1) is 8.22. The Morgan fingerprint density at radius 1 is 1.24 bits per heavy atom. The number of nitrogens with one attached hydrogen (secondary N) is 1. The molecule has 17 heavy (non-hydrogen) atoms. The smallest absolute Gasteiger partial charge is 0.200 e. The minimum absolute atomic E-state index is 0.0113. The van der Waals surface area contributed by atoms with Crippen molar-refractivity contribution in [1.29, 1.82) is 0 Å². The van der Waals surface area contributed by atoms with Crippen LogP contribution in [0, 0.1) is 11.6 Å². The Kier molecular flexibility index (Phi) is 3.94. The second-order valence-corrected chi connectivity index (χ2v) is 4.39. The molecule has 4 heteroatoms. The van der Waals surface area contributed by atoms with Crippen LogP contribution in [0.15, 0.2) is 18.2 Å². The Balaban J connectivity index is 2.11. The SMILES string of the molecule is CNC1CCCCC1Oc1cccc(F)c1F. The third kappa shape index (κ3) is 2.75. The molecule has 0 heterocycles. The molecule has 2 rings (SSSR count). The van der Waals surface area contributed by atoms with Gasteiger partial charge in [-0.25, -0.2) is 4.39 Å². The van der Waals surface area contributed by atoms with Crippen LogP contribution in [0.25, 0.3) is 0 Å². The Morgan fingerprint density at radius 3 is 2.76 bits per heavy atom. The highest BCUT2D eigenvalue weighted by Crippen LogP contribution is 2.26. The van der Waals surface area contributed by atoms with Gasteiger partial charge in [0.15, 0.2) is 11.6 Å². The maximum absolute atomic E-state index is 13.5. The quantitative estimate of drug-likeness (QED) is 0.878. The summed E-state index contributed by atoms with van der Waals surface area (Å²) >= 11 is 0. The van der Waals surface area contributed by atoms with E-state index in [2.05, 4.69) is 5.32 Å². The van der Waals surface area contributed by atoms with Crippen molar-refractivity contribution in [2.75, 3.05) is 7.05 Å². The zero-order chi connectivity index (χ0) is 12.3. The summed E-state index contributed by atoms with van der Waals surface area (Å²) in [5, 5.41) is 3.17. The molecule has 2 nitrogen and oxygen atoms in total. The van der Waals surface area contributed by atoms with Gasteiger partial charge in [0.05, 0.1) is 0 Å². The number of hydrogen-bond acceptors (Lipinski definition) is 2. The van der Waals surface area contributed by atoms with E-state index in [4.69, 9.17) is 4.74 Å². The molecule has 1 aromatic rings. The summed E-state index contributed by atoms with van der Waals surface area (Å²) in [6.45, 7) is 0. The van der Waals surface area contributed by atoms with E-state index < -0.39 is 11.6 Å². The van der Waals surface area contributed by atoms with Gasteiger partial charge in [-0.15, -0.1) is 0 Å². The highest BCUT2D eigenvalue weighted by molar-refractivity contribution is 5.25. The molecule has 2 unspecified atom stereocenters. The van der Waals surface area contributed by atoms with Gasteiger partial charge >= 0.3 is 0 Å². The van der Waals surface area contributed by atoms with Crippen LogP contribution < -0.4 is 10.1 Å². The molecule has 94 valence electrons. The molecule has 0 bridgehead atoms. The lowest BCUT2D eigenvalue weighted by Gasteiger charge is -2.31. The van der Waals surface area contributed by atoms with Gasteiger partial charge in [0.25, 0.3) is 0 Å². The first-order valence-electron chi connectivity index (χ1n) is 6.00. The number of ether oxygens (including phenoxy) is 1. The average Bonchev–Trinajstić information content (AvgIpc) is 2.35. The van der Waals surface area contributed by atoms with E-state index in [0.29, 0.717) is 0 Å². The maximum atomic E-state index is 13.5. The maximum Gasteiger partial charge on any atom is 0.200 e. The highest BCUT2D eigenvalue weighted by atomic mass is 19.2. The van der Waals surface area contributed by atoms with Crippen LogP contribution in [-0.2, 0) is 0 Å². The minimum Gasteiger partial charge on any atom is -0.486 e. The van der Waals surface area contributed by atoms with Gasteiger partial charge in [-0.2, -0.15) is 4.39 Å². The molecule has 1 aliphatic carbocycles. The first-order valence-corrected chi connectivity index (χ1v) is 6.00. The summed E-state index contributed by atoms with van der Waals surface area (Å²) in [7, 11) is 1.87. The van der Waals surface area contributed by atoms with Crippen LogP contribution in [0.4, 0.5) is 8.78 Å². The van der Waals surface area contributed by atoms with Gasteiger partial charge < -0.3 is 10.1 Å². The lowest BCUT2D eigenvalue weighted by Crippen LogP contribution is -2.43. The minimum atomic E-state index is -0.895. The standard InChI is InChI=1S/C13H17F2NO/c1-16-10-6-2-3-7-11(10)17-12-8-4-5-9(14)13(12)15/h4-5,8,10-11,16H,2-3,6-7H2,1H3. The molecule has 0 aromatic heterocycles. The molecule has 1 aromatic carbocycles. The molecule has 1 N–H and O–H groups in total. The van der Waals surface area contributed by atoms with Crippen LogP contribution in [0.3, 0.4) is 0 Å². The summed E-state index contributed by atoms with van der Waals surface area (Å²) in [5.41, 5.74) is 0. The van der Waals surface area contributed by atoms with Crippen LogP contribution in [0.1, 0.15) is 25.7 Å². The van der Waals surface area contributed by atoms with E-state index >= 15 is 0 Å². The van der Waals surface area contributed by atoms with Crippen LogP contribution >= 0.6 is 0 Å². The zero-order valence-electron chi connectivity index (χ0n) is 9.88. The molecule has 1 aliphatic rings. The van der Waals surface area contributed by atoms with Gasteiger partial charge in [-0.05, 0) is 38.4 Å². The fraction of sp³-hybridized carbons (Fsp3) is 0.538. The normalized spacial score (nSPS) is 24.6. The summed E-state index contributed by atoms with van der Waals surface area (Å²) in [6, 6.07) is 4.25. The van der Waals surface area contributed by atoms with Gasteiger partial charge in [0.2, 0.25) is 5.82 Å². The lowest BCUT2D eigenvalue weighted by atomic mass is 9.92. The monoisotopic (exact) mass is 241 g/mol. The van der Waals surface area contributed by atoms with E-state index in [1.807, 2.05) is 7.05 Å². The van der Waals surface area contributed by atoms with Gasteiger partial charge in [0.1, 0.15) is 6.10 Å². The molecule has 0 saturated heterocycles. The number of rotatable bonds is 3. The van der Waals surface area contributed by atoms with Crippen LogP contribution in [0.5, 0.6) is 5.75 Å². The number of likely N-dealkylation sites (N-methyl/N-ethyl adjacent to an activating group) is 1. The fourth-order valence-corrected chi connectivity index (χ4v) is 2.31. The van der Waals surface area contributed by atoms with E-state index in [-0.39, 0.29) is 17.9 Å². The van der Waals surface area contributed by atoms with E-state index in [1.54, 1.807) is 0 Å². The van der Waals surface area contributed by atoms with Crippen molar-refractivity contribution in [3.05, 3.63) is 29.8 Å². The molecule has 2 atom stereocenters.